The molecule has 0 radical (unpaired) electrons. The summed E-state index contributed by atoms with van der Waals surface area (Å²) in [4.78, 5) is 18.8. The summed E-state index contributed by atoms with van der Waals surface area (Å²) in [7, 11) is 0. The van der Waals surface area contributed by atoms with Gasteiger partial charge in [-0.05, 0) is 49.6 Å². The lowest BCUT2D eigenvalue weighted by molar-refractivity contribution is -0.142. The largest absolute Gasteiger partial charge is 0.490 e. The van der Waals surface area contributed by atoms with Gasteiger partial charge in [-0.3, -0.25) is 4.79 Å². The molecule has 0 saturated carbocycles. The number of imidazole rings is 1. The summed E-state index contributed by atoms with van der Waals surface area (Å²) in [6.45, 7) is 4.30. The van der Waals surface area contributed by atoms with E-state index in [0.29, 0.717) is 6.61 Å². The monoisotopic (exact) mass is 405 g/mol. The number of pyridine rings is 1. The van der Waals surface area contributed by atoms with E-state index in [-0.39, 0.29) is 18.1 Å². The van der Waals surface area contributed by atoms with Crippen molar-refractivity contribution in [3.05, 3.63) is 54.5 Å². The van der Waals surface area contributed by atoms with E-state index in [1.807, 2.05) is 35.5 Å². The number of likely N-dealkylation sites (tertiary alicyclic amines) is 1. The van der Waals surface area contributed by atoms with Crippen molar-refractivity contribution in [1.82, 2.24) is 14.3 Å². The minimum absolute atomic E-state index is 0.147. The first-order valence-electron chi connectivity index (χ1n) is 10.8. The standard InChI is InChI=1S/C24H27N3O3/c1-17-21(8-9-23-25-12-15-27(17)23)18-4-6-19(7-5-18)30-20-10-13-26(14-11-20)24(28)22-3-2-16-29-22/h4-9,12,15,20,22H,2-3,10-11,13-14,16H2,1H3/t22-/m1/s1. The lowest BCUT2D eigenvalue weighted by atomic mass is 10.0. The average Bonchev–Trinajstić information content (AvgIpc) is 3.47. The molecule has 2 saturated heterocycles. The van der Waals surface area contributed by atoms with Crippen molar-refractivity contribution < 1.29 is 14.3 Å². The molecule has 5 rings (SSSR count). The molecule has 3 aromatic rings. The molecule has 1 aromatic carbocycles. The number of piperidine rings is 1. The van der Waals surface area contributed by atoms with E-state index in [9.17, 15) is 4.79 Å². The van der Waals surface area contributed by atoms with Crippen LogP contribution < -0.4 is 4.74 Å². The maximum atomic E-state index is 12.5. The number of aryl methyl sites for hydroxylation is 1. The van der Waals surface area contributed by atoms with Gasteiger partial charge < -0.3 is 18.8 Å². The fourth-order valence-electron chi connectivity index (χ4n) is 4.51. The van der Waals surface area contributed by atoms with Gasteiger partial charge in [0.25, 0.3) is 5.91 Å². The minimum Gasteiger partial charge on any atom is -0.490 e. The first kappa shape index (κ1) is 19.1. The Kier molecular flexibility index (Phi) is 5.17. The van der Waals surface area contributed by atoms with Crippen LogP contribution in [0.15, 0.2) is 48.8 Å². The zero-order valence-corrected chi connectivity index (χ0v) is 17.3. The molecule has 2 fully saturated rings. The minimum atomic E-state index is -0.222. The van der Waals surface area contributed by atoms with Crippen molar-refractivity contribution in [2.24, 2.45) is 0 Å². The highest BCUT2D eigenvalue weighted by Crippen LogP contribution is 2.28. The highest BCUT2D eigenvalue weighted by Gasteiger charge is 2.31. The Labute approximate surface area is 176 Å². The topological polar surface area (TPSA) is 56.1 Å². The zero-order chi connectivity index (χ0) is 20.5. The van der Waals surface area contributed by atoms with Crippen LogP contribution in [0.3, 0.4) is 0 Å². The Balaban J connectivity index is 1.20. The number of carbonyl (C=O) groups excluding carboxylic acids is 1. The Morgan fingerprint density at radius 2 is 1.90 bits per heavy atom. The van der Waals surface area contributed by atoms with Crippen LogP contribution in [0.25, 0.3) is 16.8 Å². The SMILES string of the molecule is Cc1c(-c2ccc(OC3CCN(C(=O)[C@H]4CCCO4)CC3)cc2)ccc2nccn12. The number of amides is 1. The molecule has 2 aliphatic rings. The summed E-state index contributed by atoms with van der Waals surface area (Å²) in [6.07, 6.45) is 7.29. The smallest absolute Gasteiger partial charge is 0.251 e. The van der Waals surface area contributed by atoms with Crippen LogP contribution in [-0.4, -0.2) is 52.1 Å². The highest BCUT2D eigenvalue weighted by molar-refractivity contribution is 5.81. The van der Waals surface area contributed by atoms with E-state index in [1.54, 1.807) is 0 Å². The molecule has 6 heteroatoms. The first-order chi connectivity index (χ1) is 14.7. The molecule has 4 heterocycles. The first-order valence-corrected chi connectivity index (χ1v) is 10.8. The van der Waals surface area contributed by atoms with E-state index in [1.165, 1.54) is 11.3 Å². The van der Waals surface area contributed by atoms with E-state index >= 15 is 0 Å². The summed E-state index contributed by atoms with van der Waals surface area (Å²) in [5.74, 6) is 1.03. The van der Waals surface area contributed by atoms with Gasteiger partial charge in [-0.15, -0.1) is 0 Å². The van der Waals surface area contributed by atoms with Gasteiger partial charge >= 0.3 is 0 Å². The normalized spacial score (nSPS) is 20.0. The fourth-order valence-corrected chi connectivity index (χ4v) is 4.51. The Hall–Kier alpha value is -2.86. The van der Waals surface area contributed by atoms with Crippen molar-refractivity contribution in [3.63, 3.8) is 0 Å². The molecular weight excluding hydrogens is 378 g/mol. The summed E-state index contributed by atoms with van der Waals surface area (Å²) in [5.41, 5.74) is 4.47. The van der Waals surface area contributed by atoms with Crippen molar-refractivity contribution >= 4 is 11.6 Å². The van der Waals surface area contributed by atoms with E-state index in [4.69, 9.17) is 9.47 Å². The molecule has 0 aliphatic carbocycles. The Morgan fingerprint density at radius 1 is 1.10 bits per heavy atom. The highest BCUT2D eigenvalue weighted by atomic mass is 16.5. The van der Waals surface area contributed by atoms with E-state index < -0.39 is 0 Å². The van der Waals surface area contributed by atoms with Gasteiger partial charge in [0.2, 0.25) is 0 Å². The number of hydrogen-bond acceptors (Lipinski definition) is 4. The number of carbonyl (C=O) groups is 1. The summed E-state index contributed by atoms with van der Waals surface area (Å²) < 4.78 is 13.8. The number of aromatic nitrogens is 2. The third kappa shape index (κ3) is 3.67. The Morgan fingerprint density at radius 3 is 2.63 bits per heavy atom. The quantitative estimate of drug-likeness (QED) is 0.661. The van der Waals surface area contributed by atoms with Crippen LogP contribution in [0.1, 0.15) is 31.4 Å². The predicted octanol–water partition coefficient (Wildman–Crippen LogP) is 3.86. The van der Waals surface area contributed by atoms with E-state index in [0.717, 1.165) is 55.7 Å². The van der Waals surface area contributed by atoms with Gasteiger partial charge in [0.15, 0.2) is 0 Å². The van der Waals surface area contributed by atoms with E-state index in [2.05, 4.69) is 34.5 Å². The Bertz CT molecular complexity index is 1030. The number of hydrogen-bond donors (Lipinski definition) is 0. The second-order valence-electron chi connectivity index (χ2n) is 8.16. The number of rotatable bonds is 4. The zero-order valence-electron chi connectivity index (χ0n) is 17.3. The second-order valence-corrected chi connectivity index (χ2v) is 8.16. The van der Waals surface area contributed by atoms with Gasteiger partial charge in [0, 0.05) is 56.2 Å². The molecule has 0 unspecified atom stereocenters. The molecule has 6 nitrogen and oxygen atoms in total. The fraction of sp³-hybridized carbons (Fsp3) is 0.417. The molecule has 0 spiro atoms. The number of fused-ring (bicyclic) bond motifs is 1. The van der Waals surface area contributed by atoms with Gasteiger partial charge in [-0.25, -0.2) is 4.98 Å². The second kappa shape index (κ2) is 8.11. The van der Waals surface area contributed by atoms with Crippen LogP contribution in [-0.2, 0) is 9.53 Å². The summed E-state index contributed by atoms with van der Waals surface area (Å²) in [6, 6.07) is 12.5. The molecule has 0 bridgehead atoms. The van der Waals surface area contributed by atoms with Crippen LogP contribution in [0.5, 0.6) is 5.75 Å². The van der Waals surface area contributed by atoms with Gasteiger partial charge in [0.05, 0.1) is 0 Å². The van der Waals surface area contributed by atoms with Crippen LogP contribution in [0.4, 0.5) is 0 Å². The molecule has 1 atom stereocenters. The maximum absolute atomic E-state index is 12.5. The maximum Gasteiger partial charge on any atom is 0.251 e. The van der Waals surface area contributed by atoms with Crippen molar-refractivity contribution in [2.45, 2.75) is 44.8 Å². The number of benzene rings is 1. The number of nitrogens with zero attached hydrogens (tertiary/aromatic N) is 3. The van der Waals surface area contributed by atoms with Gasteiger partial charge in [-0.1, -0.05) is 12.1 Å². The predicted molar refractivity (Wildman–Crippen MR) is 115 cm³/mol. The molecule has 2 aromatic heterocycles. The van der Waals surface area contributed by atoms with Gasteiger partial charge in [-0.2, -0.15) is 0 Å². The number of ether oxygens (including phenoxy) is 2. The van der Waals surface area contributed by atoms with Gasteiger partial charge in [0.1, 0.15) is 23.6 Å². The lowest BCUT2D eigenvalue weighted by Crippen LogP contribution is -2.45. The summed E-state index contributed by atoms with van der Waals surface area (Å²) >= 11 is 0. The molecule has 30 heavy (non-hydrogen) atoms. The molecule has 0 N–H and O–H groups in total. The van der Waals surface area contributed by atoms with Crippen LogP contribution >= 0.6 is 0 Å². The van der Waals surface area contributed by atoms with Crippen molar-refractivity contribution in [2.75, 3.05) is 19.7 Å². The van der Waals surface area contributed by atoms with Crippen LogP contribution in [0, 0.1) is 6.92 Å². The molecule has 2 aliphatic heterocycles. The third-order valence-corrected chi connectivity index (χ3v) is 6.25. The lowest BCUT2D eigenvalue weighted by Gasteiger charge is -2.33. The summed E-state index contributed by atoms with van der Waals surface area (Å²) in [5, 5.41) is 0. The third-order valence-electron chi connectivity index (χ3n) is 6.25. The molecule has 156 valence electrons. The van der Waals surface area contributed by atoms with Crippen molar-refractivity contribution in [3.8, 4) is 16.9 Å². The average molecular weight is 405 g/mol. The molecular formula is C24H27N3O3. The molecule has 1 amide bonds. The van der Waals surface area contributed by atoms with Crippen molar-refractivity contribution in [1.29, 1.82) is 0 Å². The van der Waals surface area contributed by atoms with Crippen LogP contribution in [0.2, 0.25) is 0 Å².